The molecule has 0 bridgehead atoms. The van der Waals surface area contributed by atoms with E-state index in [1.54, 1.807) is 36.4 Å². The summed E-state index contributed by atoms with van der Waals surface area (Å²) in [5.74, 6) is 0.614. The lowest BCUT2D eigenvalue weighted by Crippen LogP contribution is -2.55. The van der Waals surface area contributed by atoms with Crippen molar-refractivity contribution in [2.24, 2.45) is 0 Å². The maximum atomic E-state index is 13.4. The summed E-state index contributed by atoms with van der Waals surface area (Å²) in [5.41, 5.74) is -0.0376. The molecule has 0 N–H and O–H groups in total. The number of fused-ring (bicyclic) bond motifs is 1. The van der Waals surface area contributed by atoms with Crippen molar-refractivity contribution >= 4 is 34.5 Å². The van der Waals surface area contributed by atoms with Crippen molar-refractivity contribution in [2.45, 2.75) is 50.0 Å². The predicted octanol–water partition coefficient (Wildman–Crippen LogP) is 6.43. The van der Waals surface area contributed by atoms with E-state index in [4.69, 9.17) is 0 Å². The number of amides is 2. The molecule has 2 amide bonds. The maximum Gasteiger partial charge on any atom is 0.416 e. The lowest BCUT2D eigenvalue weighted by atomic mass is 10.1. The van der Waals surface area contributed by atoms with Gasteiger partial charge in [-0.1, -0.05) is 54.6 Å². The Bertz CT molecular complexity index is 1690. The first-order valence-corrected chi connectivity index (χ1v) is 15.6. The van der Waals surface area contributed by atoms with Gasteiger partial charge < -0.3 is 9.80 Å². The number of carbonyl (C=O) groups excluding carboxylic acids is 2. The van der Waals surface area contributed by atoms with Crippen LogP contribution in [0.2, 0.25) is 0 Å². The lowest BCUT2D eigenvalue weighted by molar-refractivity contribution is -0.137. The second kappa shape index (κ2) is 13.7. The molecule has 0 spiro atoms. The highest BCUT2D eigenvalue weighted by molar-refractivity contribution is 7.99. The minimum Gasteiger partial charge on any atom is -0.339 e. The Hall–Kier alpha value is -4.12. The van der Waals surface area contributed by atoms with E-state index in [0.29, 0.717) is 59.9 Å². The first-order valence-electron chi connectivity index (χ1n) is 14.6. The summed E-state index contributed by atoms with van der Waals surface area (Å²) in [6.45, 7) is 3.44. The molecule has 1 saturated heterocycles. The molecule has 0 saturated carbocycles. The van der Waals surface area contributed by atoms with E-state index in [-0.39, 0.29) is 23.5 Å². The molecule has 1 fully saturated rings. The van der Waals surface area contributed by atoms with Crippen molar-refractivity contribution in [1.82, 2.24) is 19.4 Å². The van der Waals surface area contributed by atoms with Crippen LogP contribution in [0.3, 0.4) is 0 Å². The van der Waals surface area contributed by atoms with Crippen LogP contribution in [0.5, 0.6) is 0 Å². The number of hydrogen-bond acceptors (Lipinski definition) is 5. The number of rotatable bonds is 9. The van der Waals surface area contributed by atoms with Gasteiger partial charge in [-0.3, -0.25) is 19.0 Å². The Morgan fingerprint density at radius 3 is 2.43 bits per heavy atom. The molecule has 3 aromatic carbocycles. The lowest BCUT2D eigenvalue weighted by Gasteiger charge is -2.40. The number of piperazine rings is 1. The Balaban J connectivity index is 1.16. The fourth-order valence-electron chi connectivity index (χ4n) is 5.37. The Kier molecular flexibility index (Phi) is 9.73. The van der Waals surface area contributed by atoms with E-state index in [1.807, 2.05) is 34.9 Å². The minimum absolute atomic E-state index is 0.0259. The van der Waals surface area contributed by atoms with E-state index in [1.165, 1.54) is 28.5 Å². The van der Waals surface area contributed by atoms with Gasteiger partial charge in [0, 0.05) is 43.4 Å². The zero-order valence-corrected chi connectivity index (χ0v) is 25.1. The molecule has 0 aliphatic carbocycles. The standard InChI is InChI=1S/C33H33F3N4O3S/c1-23-22-38(18-19-39(23)30(42)24-11-4-2-5-12-24)29(41)17-6-3-9-20-44-32-37-28-16-8-7-15-27(28)31(43)40(32)26-14-10-13-25(21-26)33(34,35)36/h2,4-5,7-8,10-16,21,23H,3,6,9,17-20,22H2,1H3. The highest BCUT2D eigenvalue weighted by atomic mass is 32.2. The van der Waals surface area contributed by atoms with Crippen LogP contribution in [0, 0.1) is 0 Å². The fraction of sp³-hybridized carbons (Fsp3) is 0.333. The van der Waals surface area contributed by atoms with Crippen LogP contribution in [0.1, 0.15) is 48.5 Å². The molecular weight excluding hydrogens is 589 g/mol. The number of nitrogens with zero attached hydrogens (tertiary/aromatic N) is 4. The summed E-state index contributed by atoms with van der Waals surface area (Å²) >= 11 is 1.31. The summed E-state index contributed by atoms with van der Waals surface area (Å²) in [4.78, 5) is 47.4. The van der Waals surface area contributed by atoms with Crippen molar-refractivity contribution in [3.05, 3.63) is 100 Å². The van der Waals surface area contributed by atoms with Gasteiger partial charge in [-0.25, -0.2) is 4.98 Å². The third kappa shape index (κ3) is 7.15. The third-order valence-electron chi connectivity index (χ3n) is 7.70. The summed E-state index contributed by atoms with van der Waals surface area (Å²) in [5, 5.41) is 0.647. The Labute approximate surface area is 257 Å². The third-order valence-corrected chi connectivity index (χ3v) is 8.73. The number of thioether (sulfide) groups is 1. The molecular formula is C33H33F3N4O3S. The molecule has 1 atom stereocenters. The normalized spacial score (nSPS) is 15.5. The molecule has 4 aromatic rings. The van der Waals surface area contributed by atoms with E-state index in [2.05, 4.69) is 4.98 Å². The summed E-state index contributed by atoms with van der Waals surface area (Å²) < 4.78 is 41.5. The molecule has 1 aliphatic heterocycles. The van der Waals surface area contributed by atoms with Crippen molar-refractivity contribution in [2.75, 3.05) is 25.4 Å². The van der Waals surface area contributed by atoms with Crippen LogP contribution in [0.15, 0.2) is 88.8 Å². The average molecular weight is 623 g/mol. The highest BCUT2D eigenvalue weighted by Crippen LogP contribution is 2.31. The molecule has 1 aromatic heterocycles. The van der Waals surface area contributed by atoms with Crippen LogP contribution < -0.4 is 5.56 Å². The molecule has 230 valence electrons. The SMILES string of the molecule is CC1CN(C(=O)CCCCCSc2nc3ccccc3c(=O)n2-c2cccc(C(F)(F)F)c2)CCN1C(=O)c1ccccc1. The first-order chi connectivity index (χ1) is 21.1. The molecule has 2 heterocycles. The number of aromatic nitrogens is 2. The molecule has 1 unspecified atom stereocenters. The van der Waals surface area contributed by atoms with Gasteiger partial charge in [0.05, 0.1) is 22.2 Å². The van der Waals surface area contributed by atoms with Gasteiger partial charge in [-0.2, -0.15) is 13.2 Å². The number of para-hydroxylation sites is 1. The number of benzene rings is 3. The topological polar surface area (TPSA) is 75.5 Å². The summed E-state index contributed by atoms with van der Waals surface area (Å²) in [6, 6.07) is 20.5. The van der Waals surface area contributed by atoms with Gasteiger partial charge in [0.2, 0.25) is 5.91 Å². The van der Waals surface area contributed by atoms with Crippen LogP contribution in [-0.4, -0.2) is 62.6 Å². The molecule has 1 aliphatic rings. The number of carbonyl (C=O) groups is 2. The van der Waals surface area contributed by atoms with Gasteiger partial charge in [0.25, 0.3) is 11.5 Å². The second-order valence-corrected chi connectivity index (χ2v) is 11.9. The van der Waals surface area contributed by atoms with Gasteiger partial charge in [0.1, 0.15) is 0 Å². The minimum atomic E-state index is -4.54. The van der Waals surface area contributed by atoms with Gasteiger partial charge in [-0.05, 0) is 62.2 Å². The zero-order valence-electron chi connectivity index (χ0n) is 24.3. The Morgan fingerprint density at radius 2 is 1.68 bits per heavy atom. The van der Waals surface area contributed by atoms with Crippen LogP contribution in [0.4, 0.5) is 13.2 Å². The fourth-order valence-corrected chi connectivity index (χ4v) is 6.38. The molecule has 7 nitrogen and oxygen atoms in total. The van der Waals surface area contributed by atoms with Crippen LogP contribution in [-0.2, 0) is 11.0 Å². The highest BCUT2D eigenvalue weighted by Gasteiger charge is 2.31. The zero-order chi connectivity index (χ0) is 31.3. The van der Waals surface area contributed by atoms with Crippen LogP contribution in [0.25, 0.3) is 16.6 Å². The van der Waals surface area contributed by atoms with Crippen molar-refractivity contribution in [3.8, 4) is 5.69 Å². The maximum absolute atomic E-state index is 13.4. The quantitative estimate of drug-likeness (QED) is 0.122. The van der Waals surface area contributed by atoms with Crippen molar-refractivity contribution in [1.29, 1.82) is 0 Å². The van der Waals surface area contributed by atoms with E-state index in [9.17, 15) is 27.6 Å². The Morgan fingerprint density at radius 1 is 0.932 bits per heavy atom. The molecule has 11 heteroatoms. The smallest absolute Gasteiger partial charge is 0.339 e. The van der Waals surface area contributed by atoms with Gasteiger partial charge in [-0.15, -0.1) is 0 Å². The summed E-state index contributed by atoms with van der Waals surface area (Å²) in [7, 11) is 0. The largest absolute Gasteiger partial charge is 0.416 e. The van der Waals surface area contributed by atoms with Crippen molar-refractivity contribution < 1.29 is 22.8 Å². The number of unbranched alkanes of at least 4 members (excludes halogenated alkanes) is 2. The molecule has 44 heavy (non-hydrogen) atoms. The second-order valence-electron chi connectivity index (χ2n) is 10.8. The molecule has 5 rings (SSSR count). The molecule has 0 radical (unpaired) electrons. The summed E-state index contributed by atoms with van der Waals surface area (Å²) in [6.07, 6.45) is -1.96. The van der Waals surface area contributed by atoms with Crippen LogP contribution >= 0.6 is 11.8 Å². The van der Waals surface area contributed by atoms with Gasteiger partial charge in [0.15, 0.2) is 5.16 Å². The number of hydrogen-bond donors (Lipinski definition) is 0. The van der Waals surface area contributed by atoms with E-state index >= 15 is 0 Å². The number of alkyl halides is 3. The average Bonchev–Trinajstić information content (AvgIpc) is 3.02. The monoisotopic (exact) mass is 622 g/mol. The number of halogens is 3. The van der Waals surface area contributed by atoms with Crippen molar-refractivity contribution in [3.63, 3.8) is 0 Å². The van der Waals surface area contributed by atoms with Gasteiger partial charge >= 0.3 is 6.18 Å². The first kappa shape index (κ1) is 31.3. The predicted molar refractivity (Wildman–Crippen MR) is 165 cm³/mol. The van der Waals surface area contributed by atoms with E-state index in [0.717, 1.165) is 25.0 Å². The van der Waals surface area contributed by atoms with E-state index < -0.39 is 17.3 Å².